The number of likely N-dealkylation sites (tertiary alicyclic amines) is 1. The number of nitrogens with zero attached hydrogens (tertiary/aromatic N) is 1. The Hall–Kier alpha value is -1.64. The lowest BCUT2D eigenvalue weighted by Crippen LogP contribution is -2.29. The molecule has 2 N–H and O–H groups in total. The number of hydrogen-bond acceptors (Lipinski definition) is 5. The highest BCUT2D eigenvalue weighted by Gasteiger charge is 2.33. The van der Waals surface area contributed by atoms with Crippen LogP contribution in [0.3, 0.4) is 0 Å². The van der Waals surface area contributed by atoms with E-state index in [1.54, 1.807) is 16.2 Å². The van der Waals surface area contributed by atoms with E-state index in [2.05, 4.69) is 0 Å². The van der Waals surface area contributed by atoms with Gasteiger partial charge in [0.2, 0.25) is 10.0 Å². The van der Waals surface area contributed by atoms with E-state index in [4.69, 9.17) is 9.56 Å². The number of aryl methyl sites for hydroxylation is 1. The molecule has 0 aliphatic carbocycles. The molecule has 0 unspecified atom stereocenters. The van der Waals surface area contributed by atoms with Gasteiger partial charge in [-0.05, 0) is 31.2 Å². The van der Waals surface area contributed by atoms with Crippen LogP contribution in [0.15, 0.2) is 32.9 Å². The van der Waals surface area contributed by atoms with Gasteiger partial charge in [0, 0.05) is 17.5 Å². The molecule has 6 nitrogen and oxygen atoms in total. The summed E-state index contributed by atoms with van der Waals surface area (Å²) in [6.45, 7) is 2.11. The Balaban J connectivity index is 1.91. The van der Waals surface area contributed by atoms with Gasteiger partial charge in [0.1, 0.15) is 10.7 Å². The number of amides is 1. The summed E-state index contributed by atoms with van der Waals surface area (Å²) in [4.78, 5) is 15.4. The van der Waals surface area contributed by atoms with Gasteiger partial charge in [-0.15, -0.1) is 11.3 Å². The van der Waals surface area contributed by atoms with Crippen LogP contribution in [0.1, 0.15) is 40.1 Å². The summed E-state index contributed by atoms with van der Waals surface area (Å²) < 4.78 is 28.2. The Kier molecular flexibility index (Phi) is 3.84. The van der Waals surface area contributed by atoms with Crippen LogP contribution in [0, 0.1) is 6.92 Å². The van der Waals surface area contributed by atoms with Crippen molar-refractivity contribution in [3.8, 4) is 0 Å². The highest BCUT2D eigenvalue weighted by molar-refractivity contribution is 7.89. The van der Waals surface area contributed by atoms with Crippen LogP contribution >= 0.6 is 11.3 Å². The Bertz CT molecular complexity index is 793. The van der Waals surface area contributed by atoms with E-state index in [1.165, 1.54) is 13.0 Å². The predicted octanol–water partition coefficient (Wildman–Crippen LogP) is 2.27. The average Bonchev–Trinajstić information content (AvgIpc) is 3.16. The molecule has 1 aliphatic heterocycles. The first kappa shape index (κ1) is 15.3. The number of hydrogen-bond donors (Lipinski definition) is 1. The van der Waals surface area contributed by atoms with Gasteiger partial charge >= 0.3 is 0 Å². The van der Waals surface area contributed by atoms with Gasteiger partial charge in [-0.25, -0.2) is 13.6 Å². The van der Waals surface area contributed by atoms with E-state index in [0.717, 1.165) is 17.7 Å². The molecule has 1 amide bonds. The molecule has 1 saturated heterocycles. The molecule has 22 heavy (non-hydrogen) atoms. The van der Waals surface area contributed by atoms with Crippen molar-refractivity contribution in [1.29, 1.82) is 0 Å². The third kappa shape index (κ3) is 2.69. The van der Waals surface area contributed by atoms with Gasteiger partial charge in [-0.1, -0.05) is 6.07 Å². The monoisotopic (exact) mass is 340 g/mol. The first-order valence-corrected chi connectivity index (χ1v) is 9.28. The first-order valence-electron chi connectivity index (χ1n) is 6.85. The highest BCUT2D eigenvalue weighted by Crippen LogP contribution is 2.36. The molecule has 1 atom stereocenters. The van der Waals surface area contributed by atoms with Crippen molar-refractivity contribution in [1.82, 2.24) is 4.90 Å². The van der Waals surface area contributed by atoms with Crippen molar-refractivity contribution in [3.05, 3.63) is 40.0 Å². The normalized spacial score (nSPS) is 18.8. The van der Waals surface area contributed by atoms with Crippen LogP contribution in [-0.4, -0.2) is 25.8 Å². The lowest BCUT2D eigenvalue weighted by Gasteiger charge is -2.22. The summed E-state index contributed by atoms with van der Waals surface area (Å²) in [5, 5.41) is 7.10. The van der Waals surface area contributed by atoms with Gasteiger partial charge < -0.3 is 9.32 Å². The summed E-state index contributed by atoms with van der Waals surface area (Å²) >= 11 is 1.61. The molecule has 1 fully saturated rings. The predicted molar refractivity (Wildman–Crippen MR) is 82.1 cm³/mol. The van der Waals surface area contributed by atoms with Crippen molar-refractivity contribution in [2.75, 3.05) is 6.54 Å². The van der Waals surface area contributed by atoms with Crippen LogP contribution in [0.2, 0.25) is 0 Å². The maximum absolute atomic E-state index is 12.6. The Morgan fingerprint density at radius 2 is 2.27 bits per heavy atom. The summed E-state index contributed by atoms with van der Waals surface area (Å²) in [6, 6.07) is 5.20. The second-order valence-electron chi connectivity index (χ2n) is 5.25. The zero-order chi connectivity index (χ0) is 15.9. The second-order valence-corrected chi connectivity index (χ2v) is 7.76. The molecule has 0 bridgehead atoms. The maximum atomic E-state index is 12.6. The Morgan fingerprint density at radius 3 is 2.86 bits per heavy atom. The van der Waals surface area contributed by atoms with E-state index in [9.17, 15) is 13.2 Å². The highest BCUT2D eigenvalue weighted by atomic mass is 32.2. The second kappa shape index (κ2) is 5.53. The first-order chi connectivity index (χ1) is 10.4. The van der Waals surface area contributed by atoms with E-state index in [1.807, 2.05) is 17.5 Å². The Morgan fingerprint density at radius 1 is 1.50 bits per heavy atom. The summed E-state index contributed by atoms with van der Waals surface area (Å²) in [5.74, 6) is -0.142. The quantitative estimate of drug-likeness (QED) is 0.927. The number of sulfonamides is 1. The number of rotatable bonds is 3. The molecule has 3 rings (SSSR count). The maximum Gasteiger partial charge on any atom is 0.290 e. The molecule has 1 aliphatic rings. The fourth-order valence-corrected chi connectivity index (χ4v) is 4.37. The minimum absolute atomic E-state index is 0.0185. The standard InChI is InChI=1S/C14H16N2O4S2/c1-9-13(22(15,18)19)8-11(20-9)14(17)16-6-2-4-10(16)12-5-3-7-21-12/h3,5,7-8,10H,2,4,6H2,1H3,(H2,15,18,19)/t10-/m0/s1. The summed E-state index contributed by atoms with van der Waals surface area (Å²) in [7, 11) is -3.89. The van der Waals surface area contributed by atoms with Crippen molar-refractivity contribution >= 4 is 27.3 Å². The number of primary sulfonamides is 1. The number of furan rings is 1. The van der Waals surface area contributed by atoms with Crippen LogP contribution < -0.4 is 5.14 Å². The molecule has 0 radical (unpaired) electrons. The van der Waals surface area contributed by atoms with Crippen LogP contribution in [0.25, 0.3) is 0 Å². The van der Waals surface area contributed by atoms with Gasteiger partial charge in [-0.2, -0.15) is 0 Å². The van der Waals surface area contributed by atoms with Crippen LogP contribution in [0.5, 0.6) is 0 Å². The fraction of sp³-hybridized carbons (Fsp3) is 0.357. The smallest absolute Gasteiger partial charge is 0.290 e. The molecule has 2 aromatic rings. The number of carbonyl (C=O) groups is 1. The molecule has 2 aromatic heterocycles. The number of nitrogens with two attached hydrogens (primary N) is 1. The minimum Gasteiger partial charge on any atom is -0.455 e. The summed E-state index contributed by atoms with van der Waals surface area (Å²) in [5.41, 5.74) is 0. The lowest BCUT2D eigenvalue weighted by molar-refractivity contribution is 0.0704. The van der Waals surface area contributed by atoms with Gasteiger partial charge in [0.25, 0.3) is 5.91 Å². The molecule has 8 heteroatoms. The van der Waals surface area contributed by atoms with Crippen LogP contribution in [-0.2, 0) is 10.0 Å². The number of thiophene rings is 1. The molecular weight excluding hydrogens is 324 g/mol. The molecule has 118 valence electrons. The van der Waals surface area contributed by atoms with E-state index >= 15 is 0 Å². The van der Waals surface area contributed by atoms with Gasteiger partial charge in [0.05, 0.1) is 6.04 Å². The average molecular weight is 340 g/mol. The number of carbonyl (C=O) groups excluding carboxylic acids is 1. The zero-order valence-electron chi connectivity index (χ0n) is 12.0. The van der Waals surface area contributed by atoms with Crippen molar-refractivity contribution in [3.63, 3.8) is 0 Å². The molecule has 3 heterocycles. The van der Waals surface area contributed by atoms with Gasteiger partial charge in [-0.3, -0.25) is 4.79 Å². The van der Waals surface area contributed by atoms with E-state index in [0.29, 0.717) is 6.54 Å². The molecule has 0 aromatic carbocycles. The van der Waals surface area contributed by atoms with Crippen LogP contribution in [0.4, 0.5) is 0 Å². The largest absolute Gasteiger partial charge is 0.455 e. The fourth-order valence-electron chi connectivity index (χ4n) is 2.78. The minimum atomic E-state index is -3.89. The molecule has 0 saturated carbocycles. The van der Waals surface area contributed by atoms with E-state index < -0.39 is 10.0 Å². The third-order valence-corrected chi connectivity index (χ3v) is 5.77. The van der Waals surface area contributed by atoms with E-state index in [-0.39, 0.29) is 28.4 Å². The van der Waals surface area contributed by atoms with Crippen molar-refractivity contribution in [2.45, 2.75) is 30.7 Å². The SMILES string of the molecule is Cc1oc(C(=O)N2CCC[C@H]2c2cccs2)cc1S(N)(=O)=O. The zero-order valence-corrected chi connectivity index (χ0v) is 13.6. The third-order valence-electron chi connectivity index (χ3n) is 3.77. The van der Waals surface area contributed by atoms with Crippen molar-refractivity contribution in [2.24, 2.45) is 5.14 Å². The molecule has 0 spiro atoms. The van der Waals surface area contributed by atoms with Crippen molar-refractivity contribution < 1.29 is 17.6 Å². The lowest BCUT2D eigenvalue weighted by atomic mass is 10.2. The molecular formula is C14H16N2O4S2. The summed E-state index contributed by atoms with van der Waals surface area (Å²) in [6.07, 6.45) is 1.81. The van der Waals surface area contributed by atoms with Gasteiger partial charge in [0.15, 0.2) is 5.76 Å². The topological polar surface area (TPSA) is 93.6 Å². The Labute approximate surface area is 132 Å².